The van der Waals surface area contributed by atoms with Crippen LogP contribution in [-0.2, 0) is 4.84 Å². The third kappa shape index (κ3) is 5.41. The standard InChI is InChI=1S/C5H12N2O2.C4H10N2/c1-2-7(8)6-4-3-5-9-7;1-2-4-6-5-3-1/h6H,2-5H2,1H3;5-6H,1-4H2. The first-order valence-electron chi connectivity index (χ1n) is 5.71. The third-order valence-electron chi connectivity index (χ3n) is 2.37. The maximum absolute atomic E-state index is 11.1. The van der Waals surface area contributed by atoms with Crippen LogP contribution in [0.4, 0.5) is 0 Å². The average molecular weight is 218 g/mol. The van der Waals surface area contributed by atoms with Gasteiger partial charge in [0.05, 0.1) is 6.54 Å². The molecule has 0 radical (unpaired) electrons. The Hall–Kier alpha value is -0.240. The van der Waals surface area contributed by atoms with Gasteiger partial charge in [-0.3, -0.25) is 10.9 Å². The lowest BCUT2D eigenvalue weighted by molar-refractivity contribution is -1.11. The van der Waals surface area contributed by atoms with Crippen molar-refractivity contribution in [3.05, 3.63) is 5.21 Å². The third-order valence-corrected chi connectivity index (χ3v) is 2.37. The van der Waals surface area contributed by atoms with Crippen LogP contribution in [-0.4, -0.2) is 37.7 Å². The Morgan fingerprint density at radius 3 is 2.07 bits per heavy atom. The smallest absolute Gasteiger partial charge is 0.125 e. The van der Waals surface area contributed by atoms with Crippen molar-refractivity contribution in [1.82, 2.24) is 16.3 Å². The zero-order chi connectivity index (χ0) is 11.0. The lowest BCUT2D eigenvalue weighted by Crippen LogP contribution is -2.56. The topological polar surface area (TPSA) is 68.4 Å². The van der Waals surface area contributed by atoms with Gasteiger partial charge in [0.2, 0.25) is 0 Å². The molecule has 0 amide bonds. The molecule has 0 aromatic rings. The monoisotopic (exact) mass is 218 g/mol. The predicted octanol–water partition coefficient (Wildman–Crippen LogP) is 0.0352. The van der Waals surface area contributed by atoms with E-state index in [-0.39, 0.29) is 0 Å². The van der Waals surface area contributed by atoms with Crippen molar-refractivity contribution in [3.63, 3.8) is 0 Å². The fourth-order valence-electron chi connectivity index (χ4n) is 1.39. The Balaban J connectivity index is 0.000000162. The van der Waals surface area contributed by atoms with Crippen molar-refractivity contribution < 1.29 is 9.76 Å². The molecule has 1 atom stereocenters. The number of quaternary nitrogens is 1. The second kappa shape index (κ2) is 7.10. The molecule has 2 rings (SSSR count). The van der Waals surface area contributed by atoms with Crippen LogP contribution in [0.2, 0.25) is 0 Å². The first-order chi connectivity index (χ1) is 7.27. The molecule has 2 heterocycles. The summed E-state index contributed by atoms with van der Waals surface area (Å²) in [4.78, 5) is 4.20. The molecule has 2 saturated heterocycles. The van der Waals surface area contributed by atoms with Gasteiger partial charge in [-0.05, 0) is 26.2 Å². The lowest BCUT2D eigenvalue weighted by atomic mass is 10.3. The summed E-state index contributed by atoms with van der Waals surface area (Å²) < 4.78 is 0. The number of rotatable bonds is 1. The van der Waals surface area contributed by atoms with Crippen LogP contribution in [0.25, 0.3) is 0 Å². The van der Waals surface area contributed by atoms with Gasteiger partial charge >= 0.3 is 0 Å². The van der Waals surface area contributed by atoms with Crippen molar-refractivity contribution in [2.24, 2.45) is 0 Å². The summed E-state index contributed by atoms with van der Waals surface area (Å²) in [5.41, 5.74) is 8.77. The number of hydrogen-bond acceptors (Lipinski definition) is 5. The second-order valence-electron chi connectivity index (χ2n) is 3.65. The van der Waals surface area contributed by atoms with Gasteiger partial charge in [0.25, 0.3) is 0 Å². The van der Waals surface area contributed by atoms with Crippen LogP contribution in [0, 0.1) is 5.21 Å². The van der Waals surface area contributed by atoms with Crippen LogP contribution < -0.4 is 16.3 Å². The molecule has 1 unspecified atom stereocenters. The molecule has 2 fully saturated rings. The van der Waals surface area contributed by atoms with E-state index in [1.807, 2.05) is 0 Å². The summed E-state index contributed by atoms with van der Waals surface area (Å²) in [6.45, 7) is 5.84. The van der Waals surface area contributed by atoms with Gasteiger partial charge in [-0.25, -0.2) is 0 Å². The quantitative estimate of drug-likeness (QED) is 0.428. The SMILES string of the molecule is C1CCNNC1.CC[N+]1([O-])NCCCO1. The van der Waals surface area contributed by atoms with E-state index in [4.69, 9.17) is 4.84 Å². The van der Waals surface area contributed by atoms with E-state index in [1.165, 1.54) is 12.8 Å². The Labute approximate surface area is 91.0 Å². The van der Waals surface area contributed by atoms with Gasteiger partial charge in [0.15, 0.2) is 0 Å². The fourth-order valence-corrected chi connectivity index (χ4v) is 1.39. The molecular weight excluding hydrogens is 196 g/mol. The summed E-state index contributed by atoms with van der Waals surface area (Å²) in [7, 11) is 0. The zero-order valence-electron chi connectivity index (χ0n) is 9.42. The average Bonchev–Trinajstić information content (AvgIpc) is 2.33. The highest BCUT2D eigenvalue weighted by Crippen LogP contribution is 2.05. The van der Waals surface area contributed by atoms with Gasteiger partial charge in [-0.1, -0.05) is 0 Å². The molecule has 0 aromatic heterocycles. The molecule has 0 aromatic carbocycles. The summed E-state index contributed by atoms with van der Waals surface area (Å²) in [6.07, 6.45) is 3.59. The van der Waals surface area contributed by atoms with E-state index in [0.717, 1.165) is 26.1 Å². The van der Waals surface area contributed by atoms with Gasteiger partial charge in [0, 0.05) is 13.1 Å². The number of hydrogen-bond donors (Lipinski definition) is 3. The van der Waals surface area contributed by atoms with E-state index in [9.17, 15) is 5.21 Å². The minimum absolute atomic E-state index is 0.431. The largest absolute Gasteiger partial charge is 0.578 e. The number of hydroxylamine groups is 2. The highest BCUT2D eigenvalue weighted by atomic mass is 17.0. The lowest BCUT2D eigenvalue weighted by Gasteiger charge is -2.39. The second-order valence-corrected chi connectivity index (χ2v) is 3.65. The summed E-state index contributed by atoms with van der Waals surface area (Å²) in [5, 5.41) is 11.1. The summed E-state index contributed by atoms with van der Waals surface area (Å²) in [5.74, 6) is 0. The van der Waals surface area contributed by atoms with Crippen LogP contribution in [0.5, 0.6) is 0 Å². The molecule has 0 aliphatic carbocycles. The maximum atomic E-state index is 11.1. The molecule has 2 aliphatic heterocycles. The minimum Gasteiger partial charge on any atom is -0.578 e. The van der Waals surface area contributed by atoms with Crippen LogP contribution >= 0.6 is 0 Å². The van der Waals surface area contributed by atoms with E-state index in [1.54, 1.807) is 6.92 Å². The molecule has 6 nitrogen and oxygen atoms in total. The van der Waals surface area contributed by atoms with Crippen molar-refractivity contribution in [3.8, 4) is 0 Å². The molecule has 3 N–H and O–H groups in total. The van der Waals surface area contributed by atoms with E-state index in [0.29, 0.717) is 13.2 Å². The van der Waals surface area contributed by atoms with Crippen molar-refractivity contribution >= 4 is 0 Å². The van der Waals surface area contributed by atoms with Gasteiger partial charge in [-0.15, -0.1) is 10.3 Å². The molecule has 0 spiro atoms. The molecule has 90 valence electrons. The molecular formula is C9H22N4O2. The van der Waals surface area contributed by atoms with E-state index >= 15 is 0 Å². The molecule has 2 aliphatic rings. The summed E-state index contributed by atoms with van der Waals surface area (Å²) in [6, 6.07) is 0. The van der Waals surface area contributed by atoms with Gasteiger partial charge in [0.1, 0.15) is 13.2 Å². The Morgan fingerprint density at radius 2 is 1.80 bits per heavy atom. The molecule has 6 heteroatoms. The summed E-state index contributed by atoms with van der Waals surface area (Å²) >= 11 is 0. The Morgan fingerprint density at radius 1 is 1.13 bits per heavy atom. The number of hydrazine groups is 1. The number of nitrogens with one attached hydrogen (secondary N) is 3. The van der Waals surface area contributed by atoms with Crippen molar-refractivity contribution in [2.45, 2.75) is 26.2 Å². The molecule has 0 bridgehead atoms. The van der Waals surface area contributed by atoms with Crippen molar-refractivity contribution in [1.29, 1.82) is 0 Å². The van der Waals surface area contributed by atoms with Crippen molar-refractivity contribution in [2.75, 3.05) is 32.8 Å². The Kier molecular flexibility index (Phi) is 6.07. The molecule has 0 saturated carbocycles. The predicted molar refractivity (Wildman–Crippen MR) is 58.0 cm³/mol. The van der Waals surface area contributed by atoms with Crippen LogP contribution in [0.1, 0.15) is 26.2 Å². The van der Waals surface area contributed by atoms with Crippen LogP contribution in [0.15, 0.2) is 0 Å². The van der Waals surface area contributed by atoms with Gasteiger partial charge in [-0.2, -0.15) is 4.84 Å². The number of nitrogens with zero attached hydrogens (tertiary/aromatic N) is 1. The minimum atomic E-state index is -0.681. The zero-order valence-corrected chi connectivity index (χ0v) is 9.42. The molecule has 15 heavy (non-hydrogen) atoms. The first kappa shape index (κ1) is 12.8. The van der Waals surface area contributed by atoms with E-state index < -0.39 is 4.92 Å². The first-order valence-corrected chi connectivity index (χ1v) is 5.71. The highest BCUT2D eigenvalue weighted by Gasteiger charge is 2.19. The highest BCUT2D eigenvalue weighted by molar-refractivity contribution is 4.51. The van der Waals surface area contributed by atoms with Gasteiger partial charge < -0.3 is 5.21 Å². The normalized spacial score (nSPS) is 31.6. The van der Waals surface area contributed by atoms with Crippen LogP contribution in [0.3, 0.4) is 0 Å². The maximum Gasteiger partial charge on any atom is 0.125 e. The fraction of sp³-hybridized carbons (Fsp3) is 1.00. The Bertz CT molecular complexity index is 147. The van der Waals surface area contributed by atoms with E-state index in [2.05, 4.69) is 16.3 Å².